The molecule has 3 aromatic rings. The number of anilines is 1. The molecule has 28 heavy (non-hydrogen) atoms. The first kappa shape index (κ1) is 18.7. The van der Waals surface area contributed by atoms with Crippen LogP contribution >= 0.6 is 11.6 Å². The third-order valence-corrected chi connectivity index (χ3v) is 5.46. The molecule has 0 N–H and O–H groups in total. The smallest absolute Gasteiger partial charge is 0.287 e. The molecule has 0 spiro atoms. The van der Waals surface area contributed by atoms with Crippen molar-refractivity contribution in [1.29, 1.82) is 0 Å². The Balaban J connectivity index is 1.42. The second kappa shape index (κ2) is 8.59. The summed E-state index contributed by atoms with van der Waals surface area (Å²) in [6, 6.07) is 20.3. The number of halogens is 1. The molecule has 4 rings (SSSR count). The highest BCUT2D eigenvalue weighted by molar-refractivity contribution is 6.33. The van der Waals surface area contributed by atoms with Crippen molar-refractivity contribution in [1.82, 2.24) is 14.7 Å². The Morgan fingerprint density at radius 2 is 1.39 bits per heavy atom. The Morgan fingerprint density at radius 1 is 0.821 bits per heavy atom. The third-order valence-electron chi connectivity index (χ3n) is 5.10. The second-order valence-electron chi connectivity index (χ2n) is 7.04. The van der Waals surface area contributed by atoms with Gasteiger partial charge in [0.1, 0.15) is 5.02 Å². The van der Waals surface area contributed by atoms with E-state index in [1.807, 2.05) is 36.4 Å². The van der Waals surface area contributed by atoms with Gasteiger partial charge in [-0.25, -0.2) is 4.68 Å². The Kier molecular flexibility index (Phi) is 5.74. The van der Waals surface area contributed by atoms with E-state index in [1.165, 1.54) is 10.2 Å². The summed E-state index contributed by atoms with van der Waals surface area (Å²) in [5.41, 5.74) is 2.83. The minimum Gasteiger partial charge on any atom is -0.366 e. The van der Waals surface area contributed by atoms with Crippen molar-refractivity contribution < 1.29 is 0 Å². The van der Waals surface area contributed by atoms with E-state index in [9.17, 15) is 4.79 Å². The van der Waals surface area contributed by atoms with Crippen LogP contribution in [0.25, 0.3) is 0 Å². The van der Waals surface area contributed by atoms with Crippen LogP contribution in [0.5, 0.6) is 0 Å². The standard InChI is InChI=1S/C22H23ClN4O/c23-21-20(15-24-27(22(21)28)17-19-9-5-2-6-10-19)26-13-11-25(12-14-26)16-18-7-3-1-4-8-18/h1-10,15H,11-14,16-17H2. The summed E-state index contributed by atoms with van der Waals surface area (Å²) < 4.78 is 1.42. The lowest BCUT2D eigenvalue weighted by molar-refractivity contribution is 0.250. The van der Waals surface area contributed by atoms with Crippen molar-refractivity contribution in [3.8, 4) is 0 Å². The number of hydrogen-bond acceptors (Lipinski definition) is 4. The SMILES string of the molecule is O=c1c(Cl)c(N2CCN(Cc3ccccc3)CC2)cnn1Cc1ccccc1. The number of nitrogens with zero attached hydrogens (tertiary/aromatic N) is 4. The summed E-state index contributed by atoms with van der Waals surface area (Å²) in [6.07, 6.45) is 1.72. The summed E-state index contributed by atoms with van der Waals surface area (Å²) in [6.45, 7) is 4.88. The largest absolute Gasteiger partial charge is 0.366 e. The zero-order chi connectivity index (χ0) is 19.3. The highest BCUT2D eigenvalue weighted by atomic mass is 35.5. The molecule has 1 aliphatic heterocycles. The molecule has 2 heterocycles. The van der Waals surface area contributed by atoms with Gasteiger partial charge in [-0.2, -0.15) is 5.10 Å². The molecule has 0 aliphatic carbocycles. The molecule has 2 aromatic carbocycles. The topological polar surface area (TPSA) is 41.4 Å². The Hall–Kier alpha value is -2.63. The average molecular weight is 395 g/mol. The van der Waals surface area contributed by atoms with Crippen LogP contribution in [0.2, 0.25) is 5.02 Å². The van der Waals surface area contributed by atoms with Crippen LogP contribution in [0.1, 0.15) is 11.1 Å². The van der Waals surface area contributed by atoms with Crippen molar-refractivity contribution in [2.24, 2.45) is 0 Å². The third kappa shape index (κ3) is 4.26. The maximum Gasteiger partial charge on any atom is 0.287 e. The van der Waals surface area contributed by atoms with Crippen LogP contribution in [-0.4, -0.2) is 40.9 Å². The van der Waals surface area contributed by atoms with E-state index in [0.29, 0.717) is 6.54 Å². The first-order valence-corrected chi connectivity index (χ1v) is 9.89. The predicted octanol–water partition coefficient (Wildman–Crippen LogP) is 3.27. The van der Waals surface area contributed by atoms with Gasteiger partial charge in [0.2, 0.25) is 0 Å². The number of aromatic nitrogens is 2. The summed E-state index contributed by atoms with van der Waals surface area (Å²) in [4.78, 5) is 17.3. The molecule has 0 bridgehead atoms. The Bertz CT molecular complexity index is 967. The molecule has 5 nitrogen and oxygen atoms in total. The van der Waals surface area contributed by atoms with Crippen LogP contribution in [-0.2, 0) is 13.1 Å². The van der Waals surface area contributed by atoms with E-state index in [2.05, 4.69) is 39.2 Å². The van der Waals surface area contributed by atoms with Gasteiger partial charge in [0.05, 0.1) is 18.4 Å². The fraction of sp³-hybridized carbons (Fsp3) is 0.273. The van der Waals surface area contributed by atoms with Gasteiger partial charge in [0.15, 0.2) is 0 Å². The van der Waals surface area contributed by atoms with Crippen molar-refractivity contribution in [3.63, 3.8) is 0 Å². The van der Waals surface area contributed by atoms with E-state index < -0.39 is 0 Å². The molecule has 0 amide bonds. The lowest BCUT2D eigenvalue weighted by Crippen LogP contribution is -2.46. The minimum absolute atomic E-state index is 0.241. The Morgan fingerprint density at radius 3 is 2.00 bits per heavy atom. The Labute approximate surface area is 169 Å². The number of rotatable bonds is 5. The van der Waals surface area contributed by atoms with Gasteiger partial charge in [-0.1, -0.05) is 72.3 Å². The first-order chi connectivity index (χ1) is 13.7. The molecule has 0 radical (unpaired) electrons. The second-order valence-corrected chi connectivity index (χ2v) is 7.42. The van der Waals surface area contributed by atoms with Gasteiger partial charge in [-0.15, -0.1) is 0 Å². The average Bonchev–Trinajstić information content (AvgIpc) is 2.74. The normalized spacial score (nSPS) is 15.0. The fourth-order valence-corrected chi connectivity index (χ4v) is 3.80. The lowest BCUT2D eigenvalue weighted by atomic mass is 10.2. The van der Waals surface area contributed by atoms with Crippen LogP contribution in [0.15, 0.2) is 71.7 Å². The zero-order valence-electron chi connectivity index (χ0n) is 15.7. The van der Waals surface area contributed by atoms with Crippen LogP contribution in [0, 0.1) is 0 Å². The van der Waals surface area contributed by atoms with E-state index in [0.717, 1.165) is 44.0 Å². The fourth-order valence-electron chi connectivity index (χ4n) is 3.53. The van der Waals surface area contributed by atoms with Gasteiger partial charge in [0, 0.05) is 32.7 Å². The summed E-state index contributed by atoms with van der Waals surface area (Å²) >= 11 is 6.44. The molecule has 1 aliphatic rings. The number of benzene rings is 2. The lowest BCUT2D eigenvalue weighted by Gasteiger charge is -2.36. The molecule has 0 unspecified atom stereocenters. The van der Waals surface area contributed by atoms with Crippen molar-refractivity contribution in [2.75, 3.05) is 31.1 Å². The van der Waals surface area contributed by atoms with Crippen LogP contribution < -0.4 is 10.5 Å². The van der Waals surface area contributed by atoms with Gasteiger partial charge in [-0.05, 0) is 11.1 Å². The van der Waals surface area contributed by atoms with Crippen molar-refractivity contribution in [3.05, 3.63) is 93.4 Å². The van der Waals surface area contributed by atoms with Crippen LogP contribution in [0.4, 0.5) is 5.69 Å². The van der Waals surface area contributed by atoms with Gasteiger partial charge >= 0.3 is 0 Å². The molecular weight excluding hydrogens is 372 g/mol. The van der Waals surface area contributed by atoms with E-state index in [4.69, 9.17) is 11.6 Å². The van der Waals surface area contributed by atoms with E-state index in [1.54, 1.807) is 6.20 Å². The molecule has 1 fully saturated rings. The highest BCUT2D eigenvalue weighted by Gasteiger charge is 2.21. The number of hydrogen-bond donors (Lipinski definition) is 0. The van der Waals surface area contributed by atoms with Gasteiger partial charge < -0.3 is 4.90 Å². The minimum atomic E-state index is -0.241. The van der Waals surface area contributed by atoms with Gasteiger partial charge in [0.25, 0.3) is 5.56 Å². The maximum absolute atomic E-state index is 12.7. The molecule has 1 saturated heterocycles. The molecule has 0 atom stereocenters. The number of piperazine rings is 1. The molecule has 144 valence electrons. The van der Waals surface area contributed by atoms with Crippen molar-refractivity contribution >= 4 is 17.3 Å². The van der Waals surface area contributed by atoms with E-state index >= 15 is 0 Å². The van der Waals surface area contributed by atoms with Gasteiger partial charge in [-0.3, -0.25) is 9.69 Å². The molecular formula is C22H23ClN4O. The summed E-state index contributed by atoms with van der Waals surface area (Å²) in [5.74, 6) is 0. The zero-order valence-corrected chi connectivity index (χ0v) is 16.4. The molecule has 0 saturated carbocycles. The monoisotopic (exact) mass is 394 g/mol. The van der Waals surface area contributed by atoms with E-state index in [-0.39, 0.29) is 10.6 Å². The first-order valence-electron chi connectivity index (χ1n) is 9.51. The van der Waals surface area contributed by atoms with Crippen molar-refractivity contribution in [2.45, 2.75) is 13.1 Å². The highest BCUT2D eigenvalue weighted by Crippen LogP contribution is 2.23. The predicted molar refractivity (Wildman–Crippen MR) is 113 cm³/mol. The quantitative estimate of drug-likeness (QED) is 0.666. The summed E-state index contributed by atoms with van der Waals surface area (Å²) in [7, 11) is 0. The van der Waals surface area contributed by atoms with Crippen LogP contribution in [0.3, 0.4) is 0 Å². The maximum atomic E-state index is 12.7. The molecule has 6 heteroatoms. The molecule has 1 aromatic heterocycles. The summed E-state index contributed by atoms with van der Waals surface area (Å²) in [5, 5.41) is 4.61.